The van der Waals surface area contributed by atoms with Gasteiger partial charge in [0.1, 0.15) is 5.78 Å². The molecule has 3 aromatic rings. The van der Waals surface area contributed by atoms with E-state index < -0.39 is 16.1 Å². The Morgan fingerprint density at radius 3 is 1.97 bits per heavy atom. The van der Waals surface area contributed by atoms with Gasteiger partial charge in [-0.1, -0.05) is 59.6 Å². The minimum absolute atomic E-state index is 0.00864. The Kier molecular flexibility index (Phi) is 7.38. The van der Waals surface area contributed by atoms with E-state index >= 15 is 0 Å². The van der Waals surface area contributed by atoms with Crippen LogP contribution in [0.1, 0.15) is 29.7 Å². The Hall–Kier alpha value is -2.38. The summed E-state index contributed by atoms with van der Waals surface area (Å²) >= 11 is 11.8. The van der Waals surface area contributed by atoms with Gasteiger partial charge in [-0.2, -0.15) is 0 Å². The van der Waals surface area contributed by atoms with Crippen molar-refractivity contribution in [3.8, 4) is 0 Å². The standard InChI is InChI=1S/C23H21Cl2NO4S/c1-15(27)18-6-2-16(3-7-18)12-20(28)13-17-4-9-21(10-5-17)31(29,30)26-19-8-11-22(24)23(25)14-19/h2-11,14-15,26-27H,12-13H2,1H3. The molecule has 8 heteroatoms. The molecular weight excluding hydrogens is 457 g/mol. The highest BCUT2D eigenvalue weighted by Gasteiger charge is 2.15. The van der Waals surface area contributed by atoms with Gasteiger partial charge < -0.3 is 5.11 Å². The van der Waals surface area contributed by atoms with Crippen molar-refractivity contribution in [2.45, 2.75) is 30.8 Å². The molecule has 31 heavy (non-hydrogen) atoms. The monoisotopic (exact) mass is 477 g/mol. The van der Waals surface area contributed by atoms with Crippen LogP contribution >= 0.6 is 23.2 Å². The summed E-state index contributed by atoms with van der Waals surface area (Å²) in [6.07, 6.45) is -0.0942. The predicted molar refractivity (Wildman–Crippen MR) is 123 cm³/mol. The number of ketones is 1. The second kappa shape index (κ2) is 9.83. The molecule has 0 aliphatic heterocycles. The first-order valence-electron chi connectivity index (χ1n) is 9.49. The molecule has 3 aromatic carbocycles. The van der Waals surface area contributed by atoms with E-state index in [2.05, 4.69) is 4.72 Å². The number of anilines is 1. The molecule has 0 heterocycles. The zero-order valence-electron chi connectivity index (χ0n) is 16.7. The number of halogens is 2. The summed E-state index contributed by atoms with van der Waals surface area (Å²) in [5, 5.41) is 10.1. The van der Waals surface area contributed by atoms with Crippen LogP contribution in [0.25, 0.3) is 0 Å². The molecule has 1 unspecified atom stereocenters. The average Bonchev–Trinajstić information content (AvgIpc) is 2.71. The summed E-state index contributed by atoms with van der Waals surface area (Å²) in [6, 6.07) is 17.9. The van der Waals surface area contributed by atoms with Crippen LogP contribution in [0.5, 0.6) is 0 Å². The number of sulfonamides is 1. The van der Waals surface area contributed by atoms with E-state index in [0.29, 0.717) is 10.7 Å². The van der Waals surface area contributed by atoms with Gasteiger partial charge in [-0.3, -0.25) is 9.52 Å². The van der Waals surface area contributed by atoms with Crippen molar-refractivity contribution >= 4 is 44.7 Å². The maximum atomic E-state index is 12.6. The Morgan fingerprint density at radius 2 is 1.45 bits per heavy atom. The van der Waals surface area contributed by atoms with Crippen LogP contribution in [0.3, 0.4) is 0 Å². The van der Waals surface area contributed by atoms with E-state index in [9.17, 15) is 18.3 Å². The third-order valence-electron chi connectivity index (χ3n) is 4.67. The zero-order chi connectivity index (χ0) is 22.6. The first-order valence-corrected chi connectivity index (χ1v) is 11.7. The van der Waals surface area contributed by atoms with Gasteiger partial charge >= 0.3 is 0 Å². The van der Waals surface area contributed by atoms with Gasteiger partial charge in [-0.15, -0.1) is 0 Å². The fourth-order valence-electron chi connectivity index (χ4n) is 2.99. The average molecular weight is 478 g/mol. The third kappa shape index (κ3) is 6.31. The van der Waals surface area contributed by atoms with Gasteiger partial charge in [0.25, 0.3) is 10.0 Å². The second-order valence-corrected chi connectivity index (χ2v) is 9.68. The summed E-state index contributed by atoms with van der Waals surface area (Å²) in [4.78, 5) is 12.5. The first kappa shape index (κ1) is 23.3. The molecule has 0 spiro atoms. The topological polar surface area (TPSA) is 83.5 Å². The summed E-state index contributed by atoms with van der Waals surface area (Å²) < 4.78 is 27.6. The summed E-state index contributed by atoms with van der Waals surface area (Å²) in [6.45, 7) is 1.68. The van der Waals surface area contributed by atoms with E-state index in [1.54, 1.807) is 31.2 Å². The number of carbonyl (C=O) groups is 1. The maximum absolute atomic E-state index is 12.6. The van der Waals surface area contributed by atoms with Crippen molar-refractivity contribution < 1.29 is 18.3 Å². The molecule has 0 aromatic heterocycles. The van der Waals surface area contributed by atoms with Crippen LogP contribution in [0.2, 0.25) is 10.0 Å². The van der Waals surface area contributed by atoms with Crippen molar-refractivity contribution in [2.75, 3.05) is 4.72 Å². The Labute approximate surface area is 191 Å². The molecule has 0 bridgehead atoms. The van der Waals surface area contributed by atoms with Crippen LogP contribution < -0.4 is 4.72 Å². The lowest BCUT2D eigenvalue weighted by atomic mass is 10.0. The zero-order valence-corrected chi connectivity index (χ0v) is 19.0. The van der Waals surface area contributed by atoms with Crippen LogP contribution in [-0.2, 0) is 27.7 Å². The molecule has 1 atom stereocenters. The van der Waals surface area contributed by atoms with Gasteiger partial charge in [0.05, 0.1) is 26.7 Å². The molecule has 162 valence electrons. The van der Waals surface area contributed by atoms with E-state index in [4.69, 9.17) is 23.2 Å². The van der Waals surface area contributed by atoms with E-state index in [1.165, 1.54) is 30.3 Å². The third-order valence-corrected chi connectivity index (χ3v) is 6.81. The number of aliphatic hydroxyl groups is 1. The number of rotatable bonds is 8. The predicted octanol–water partition coefficient (Wildman–Crippen LogP) is 5.20. The number of hydrogen-bond acceptors (Lipinski definition) is 4. The second-order valence-electron chi connectivity index (χ2n) is 7.19. The molecule has 0 amide bonds. The number of Topliss-reactive ketones (excluding diaryl/α,β-unsaturated/α-hetero) is 1. The fourth-order valence-corrected chi connectivity index (χ4v) is 4.34. The molecule has 0 fully saturated rings. The molecule has 0 radical (unpaired) electrons. The van der Waals surface area contributed by atoms with Crippen molar-refractivity contribution in [2.24, 2.45) is 0 Å². The smallest absolute Gasteiger partial charge is 0.261 e. The normalized spacial score (nSPS) is 12.4. The van der Waals surface area contributed by atoms with E-state index in [-0.39, 0.29) is 28.5 Å². The summed E-state index contributed by atoms with van der Waals surface area (Å²) in [7, 11) is -3.80. The minimum atomic E-state index is -3.80. The highest BCUT2D eigenvalue weighted by Crippen LogP contribution is 2.26. The van der Waals surface area contributed by atoms with Gasteiger partial charge in [-0.25, -0.2) is 8.42 Å². The number of hydrogen-bond donors (Lipinski definition) is 2. The highest BCUT2D eigenvalue weighted by molar-refractivity contribution is 7.92. The molecule has 0 saturated heterocycles. The molecular formula is C23H21Cl2NO4S. The van der Waals surface area contributed by atoms with Crippen LogP contribution in [0.4, 0.5) is 5.69 Å². The Bertz CT molecular complexity index is 1180. The minimum Gasteiger partial charge on any atom is -0.389 e. The van der Waals surface area contributed by atoms with Crippen LogP contribution in [0.15, 0.2) is 71.6 Å². The van der Waals surface area contributed by atoms with Crippen molar-refractivity contribution in [3.63, 3.8) is 0 Å². The Balaban J connectivity index is 1.63. The summed E-state index contributed by atoms with van der Waals surface area (Å²) in [5.74, 6) is 0.00864. The van der Waals surface area contributed by atoms with Crippen molar-refractivity contribution in [1.82, 2.24) is 0 Å². The SMILES string of the molecule is CC(O)c1ccc(CC(=O)Cc2ccc(S(=O)(=O)Nc3ccc(Cl)c(Cl)c3)cc2)cc1. The lowest BCUT2D eigenvalue weighted by Gasteiger charge is -2.10. The van der Waals surface area contributed by atoms with Gasteiger partial charge in [0, 0.05) is 12.8 Å². The lowest BCUT2D eigenvalue weighted by Crippen LogP contribution is -2.13. The Morgan fingerprint density at radius 1 is 0.903 bits per heavy atom. The molecule has 3 rings (SSSR count). The lowest BCUT2D eigenvalue weighted by molar-refractivity contribution is -0.117. The van der Waals surface area contributed by atoms with Gasteiger partial charge in [0.2, 0.25) is 0 Å². The molecule has 0 aliphatic rings. The number of carbonyl (C=O) groups excluding carboxylic acids is 1. The van der Waals surface area contributed by atoms with Crippen molar-refractivity contribution in [1.29, 1.82) is 0 Å². The summed E-state index contributed by atoms with van der Waals surface area (Å²) in [5.41, 5.74) is 2.68. The number of benzene rings is 3. The van der Waals surface area contributed by atoms with E-state index in [1.807, 2.05) is 12.1 Å². The largest absolute Gasteiger partial charge is 0.389 e. The maximum Gasteiger partial charge on any atom is 0.261 e. The quantitative estimate of drug-likeness (QED) is 0.466. The van der Waals surface area contributed by atoms with Gasteiger partial charge in [-0.05, 0) is 53.9 Å². The molecule has 5 nitrogen and oxygen atoms in total. The highest BCUT2D eigenvalue weighted by atomic mass is 35.5. The number of nitrogens with one attached hydrogen (secondary N) is 1. The van der Waals surface area contributed by atoms with Gasteiger partial charge in [0.15, 0.2) is 0 Å². The number of aliphatic hydroxyl groups excluding tert-OH is 1. The molecule has 0 saturated carbocycles. The van der Waals surface area contributed by atoms with E-state index in [0.717, 1.165) is 16.7 Å². The first-order chi connectivity index (χ1) is 14.6. The van der Waals surface area contributed by atoms with Crippen LogP contribution in [-0.4, -0.2) is 19.3 Å². The van der Waals surface area contributed by atoms with Crippen molar-refractivity contribution in [3.05, 3.63) is 93.5 Å². The van der Waals surface area contributed by atoms with Crippen LogP contribution in [0, 0.1) is 0 Å². The fraction of sp³-hybridized carbons (Fsp3) is 0.174. The molecule has 0 aliphatic carbocycles. The molecule has 2 N–H and O–H groups in total.